The van der Waals surface area contributed by atoms with Crippen LogP contribution in [0, 0.1) is 0 Å². The molecule has 0 spiro atoms. The topological polar surface area (TPSA) is 119 Å². The van der Waals surface area contributed by atoms with E-state index in [1.54, 1.807) is 13.8 Å². The van der Waals surface area contributed by atoms with E-state index < -0.39 is 18.3 Å². The highest BCUT2D eigenvalue weighted by molar-refractivity contribution is 5.59. The summed E-state index contributed by atoms with van der Waals surface area (Å²) in [4.78, 5) is 28.9. The van der Waals surface area contributed by atoms with Gasteiger partial charge < -0.3 is 19.3 Å². The maximum atomic E-state index is 11.5. The number of carbonyl (C=O) groups excluding carboxylic acids is 1. The van der Waals surface area contributed by atoms with Crippen molar-refractivity contribution in [1.29, 1.82) is 0 Å². The minimum Gasteiger partial charge on any atom is -0.448 e. The summed E-state index contributed by atoms with van der Waals surface area (Å²) in [5.74, 6) is -1.60. The molecule has 10 heteroatoms. The molecule has 0 saturated carbocycles. The Balaban J connectivity index is 4.44. The summed E-state index contributed by atoms with van der Waals surface area (Å²) in [7, 11) is 0. The van der Waals surface area contributed by atoms with Gasteiger partial charge in [0.15, 0.2) is 0 Å². The molecule has 0 atom stereocenters. The lowest BCUT2D eigenvalue weighted by molar-refractivity contribution is -0.602. The number of carbonyl (C=O) groups is 2. The zero-order valence-corrected chi connectivity index (χ0v) is 12.9. The smallest absolute Gasteiger partial charge is 0.448 e. The van der Waals surface area contributed by atoms with Crippen molar-refractivity contribution in [1.82, 2.24) is 0 Å². The highest BCUT2D eigenvalue weighted by atomic mass is 17.7. The summed E-state index contributed by atoms with van der Waals surface area (Å²) in [6.45, 7) is 5.91. The number of hydrogen-bond acceptors (Lipinski definition) is 9. The zero-order valence-electron chi connectivity index (χ0n) is 12.9. The molecule has 0 aliphatic heterocycles. The van der Waals surface area contributed by atoms with Gasteiger partial charge >= 0.3 is 18.3 Å². The fourth-order valence-electron chi connectivity index (χ4n) is 1.56. The maximum absolute atomic E-state index is 11.5. The van der Waals surface area contributed by atoms with Crippen molar-refractivity contribution < 1.29 is 48.8 Å². The normalized spacial score (nSPS) is 11.0. The van der Waals surface area contributed by atoms with Crippen molar-refractivity contribution in [2.75, 3.05) is 13.2 Å². The van der Waals surface area contributed by atoms with Gasteiger partial charge in [0.05, 0.1) is 13.2 Å². The Kier molecular flexibility index (Phi) is 11.1. The van der Waals surface area contributed by atoms with Gasteiger partial charge in [-0.25, -0.2) is 19.4 Å². The first-order valence-corrected chi connectivity index (χ1v) is 6.91. The van der Waals surface area contributed by atoms with Gasteiger partial charge in [0.2, 0.25) is 0 Å². The third-order valence-electron chi connectivity index (χ3n) is 2.29. The second-order valence-electron chi connectivity index (χ2n) is 3.93. The quantitative estimate of drug-likeness (QED) is 0.188. The second kappa shape index (κ2) is 12.0. The monoisotopic (exact) mass is 326 g/mol. The molecule has 0 aliphatic carbocycles. The maximum Gasteiger partial charge on any atom is 0.547 e. The van der Waals surface area contributed by atoms with Crippen LogP contribution in [0.4, 0.5) is 9.59 Å². The van der Waals surface area contributed by atoms with Crippen LogP contribution in [-0.2, 0) is 34.1 Å². The predicted molar refractivity (Wildman–Crippen MR) is 69.0 cm³/mol. The van der Waals surface area contributed by atoms with E-state index in [4.69, 9.17) is 19.3 Å². The predicted octanol–water partition coefficient (Wildman–Crippen LogP) is 2.92. The van der Waals surface area contributed by atoms with E-state index in [0.717, 1.165) is 12.8 Å². The number of hydrogen-bond donors (Lipinski definition) is 1. The summed E-state index contributed by atoms with van der Waals surface area (Å²) < 4.78 is 15.7. The van der Waals surface area contributed by atoms with Gasteiger partial charge in [-0.3, -0.25) is 0 Å². The third kappa shape index (κ3) is 9.34. The molecule has 0 saturated heterocycles. The Morgan fingerprint density at radius 2 is 1.55 bits per heavy atom. The van der Waals surface area contributed by atoms with Crippen LogP contribution >= 0.6 is 0 Å². The second-order valence-corrected chi connectivity index (χ2v) is 3.93. The molecule has 22 heavy (non-hydrogen) atoms. The molecule has 0 rings (SSSR count). The number of unbranched alkanes of at least 4 members (excludes halogenated alkanes) is 2. The van der Waals surface area contributed by atoms with E-state index in [9.17, 15) is 9.59 Å². The fraction of sp³-hybridized carbons (Fsp3) is 0.833. The molecule has 0 bridgehead atoms. The van der Waals surface area contributed by atoms with Crippen LogP contribution in [0.2, 0.25) is 0 Å². The van der Waals surface area contributed by atoms with Crippen LogP contribution in [0.1, 0.15) is 46.5 Å². The average Bonchev–Trinajstić information content (AvgIpc) is 2.44. The number of carboxylic acid groups (broad SMARTS) is 1. The number of ether oxygens (including phenoxy) is 3. The fourth-order valence-corrected chi connectivity index (χ4v) is 1.56. The van der Waals surface area contributed by atoms with Gasteiger partial charge in [0, 0.05) is 16.5 Å². The first-order valence-electron chi connectivity index (χ1n) is 6.91. The summed E-state index contributed by atoms with van der Waals surface area (Å²) in [6.07, 6.45) is -0.274. The lowest BCUT2D eigenvalue weighted by Crippen LogP contribution is -2.41. The lowest BCUT2D eigenvalue weighted by atomic mass is 10.2. The Morgan fingerprint density at radius 1 is 0.955 bits per heavy atom. The summed E-state index contributed by atoms with van der Waals surface area (Å²) in [5, 5.41) is 15.4. The van der Waals surface area contributed by atoms with Crippen LogP contribution in [0.3, 0.4) is 0 Å². The lowest BCUT2D eigenvalue weighted by Gasteiger charge is -2.30. The Bertz CT molecular complexity index is 313. The van der Waals surface area contributed by atoms with Crippen LogP contribution in [-0.4, -0.2) is 36.6 Å². The van der Waals surface area contributed by atoms with Gasteiger partial charge in [-0.1, -0.05) is 19.8 Å². The van der Waals surface area contributed by atoms with Gasteiger partial charge in [0.1, 0.15) is 0 Å². The van der Waals surface area contributed by atoms with E-state index >= 15 is 0 Å². The molecule has 0 aromatic carbocycles. The van der Waals surface area contributed by atoms with Crippen molar-refractivity contribution in [2.24, 2.45) is 0 Å². The summed E-state index contributed by atoms with van der Waals surface area (Å²) in [5.41, 5.74) is 0. The molecule has 0 radical (unpaired) electrons. The van der Waals surface area contributed by atoms with Crippen molar-refractivity contribution >= 4 is 12.3 Å². The Morgan fingerprint density at radius 3 is 2.05 bits per heavy atom. The van der Waals surface area contributed by atoms with E-state index in [1.165, 1.54) is 0 Å². The molecule has 10 nitrogen and oxygen atoms in total. The molecule has 0 amide bonds. The molecule has 0 fully saturated rings. The van der Waals surface area contributed by atoms with Crippen molar-refractivity contribution in [3.8, 4) is 0 Å². The van der Waals surface area contributed by atoms with Crippen LogP contribution in [0.5, 0.6) is 0 Å². The average molecular weight is 326 g/mol. The van der Waals surface area contributed by atoms with E-state index in [1.807, 2.05) is 6.92 Å². The zero-order chi connectivity index (χ0) is 16.8. The van der Waals surface area contributed by atoms with Gasteiger partial charge in [-0.15, -0.1) is 0 Å². The number of rotatable bonds is 12. The first-order chi connectivity index (χ1) is 10.5. The van der Waals surface area contributed by atoms with Crippen LogP contribution in [0.15, 0.2) is 0 Å². The molecular formula is C12H22O10. The van der Waals surface area contributed by atoms with Gasteiger partial charge in [-0.05, 0) is 20.3 Å². The molecule has 0 unspecified atom stereocenters. The van der Waals surface area contributed by atoms with Crippen molar-refractivity contribution in [2.45, 2.75) is 52.4 Å². The molecule has 0 aromatic rings. The van der Waals surface area contributed by atoms with E-state index in [-0.39, 0.29) is 13.2 Å². The molecule has 1 N–H and O–H groups in total. The molecule has 130 valence electrons. The SMILES string of the molecule is CCCCCC(OCC)(OCC)OC(=O)OOOOC(=O)O. The Labute approximate surface area is 127 Å². The van der Waals surface area contributed by atoms with Crippen LogP contribution < -0.4 is 0 Å². The Hall–Kier alpha value is -1.62. The van der Waals surface area contributed by atoms with Crippen molar-refractivity contribution in [3.63, 3.8) is 0 Å². The minimum absolute atomic E-state index is 0.235. The third-order valence-corrected chi connectivity index (χ3v) is 2.29. The van der Waals surface area contributed by atoms with Crippen LogP contribution in [0.25, 0.3) is 0 Å². The molecule has 0 aromatic heterocycles. The first kappa shape index (κ1) is 20.4. The van der Waals surface area contributed by atoms with E-state index in [0.29, 0.717) is 12.8 Å². The van der Waals surface area contributed by atoms with Gasteiger partial charge in [0.25, 0.3) is 0 Å². The van der Waals surface area contributed by atoms with Gasteiger partial charge in [-0.2, -0.15) is 0 Å². The minimum atomic E-state index is -1.78. The summed E-state index contributed by atoms with van der Waals surface area (Å²) >= 11 is 0. The highest BCUT2D eigenvalue weighted by Gasteiger charge is 2.37. The standard InChI is InChI=1S/C12H22O10/c1-4-7-8-9-12(16-5-2,17-6-3)18-11(15)20-22-21-19-10(13)14/h4-9H2,1-3H3,(H,13,14). The molecule has 0 heterocycles. The molecular weight excluding hydrogens is 304 g/mol. The van der Waals surface area contributed by atoms with Crippen molar-refractivity contribution in [3.05, 3.63) is 0 Å². The van der Waals surface area contributed by atoms with E-state index in [2.05, 4.69) is 19.9 Å². The largest absolute Gasteiger partial charge is 0.547 e. The summed E-state index contributed by atoms with van der Waals surface area (Å²) in [6, 6.07) is 0. The highest BCUT2D eigenvalue weighted by Crippen LogP contribution is 2.24. The molecule has 0 aliphatic rings.